The van der Waals surface area contributed by atoms with Crippen molar-refractivity contribution in [2.24, 2.45) is 0 Å². The Morgan fingerprint density at radius 1 is 1.50 bits per heavy atom. The molecule has 0 bridgehead atoms. The Balaban J connectivity index is 2.30. The highest BCUT2D eigenvalue weighted by atomic mass is 35.5. The van der Waals surface area contributed by atoms with Gasteiger partial charge in [0.05, 0.1) is 11.6 Å². The van der Waals surface area contributed by atoms with Crippen molar-refractivity contribution in [3.05, 3.63) is 28.3 Å². The first-order chi connectivity index (χ1) is 8.63. The molecule has 0 aromatic heterocycles. The van der Waals surface area contributed by atoms with E-state index in [1.807, 2.05) is 13.0 Å². The Labute approximate surface area is 114 Å². The van der Waals surface area contributed by atoms with Crippen LogP contribution in [-0.4, -0.2) is 38.2 Å². The standard InChI is InChI=1S/C14H21ClN2O/c1-4-18-14-7-10(2)11(8-12(14)15)13-9-16-5-6-17(13)3/h7-8,13,16H,4-6,9H2,1-3H3. The largest absolute Gasteiger partial charge is 0.492 e. The smallest absolute Gasteiger partial charge is 0.138 e. The Hall–Kier alpha value is -0.770. The highest BCUT2D eigenvalue weighted by Gasteiger charge is 2.22. The minimum Gasteiger partial charge on any atom is -0.492 e. The van der Waals surface area contributed by atoms with Gasteiger partial charge in [0.1, 0.15) is 5.75 Å². The second kappa shape index (κ2) is 5.91. The van der Waals surface area contributed by atoms with Crippen molar-refractivity contribution in [1.82, 2.24) is 10.2 Å². The third-order valence-electron chi connectivity index (χ3n) is 3.49. The van der Waals surface area contributed by atoms with Crippen molar-refractivity contribution >= 4 is 11.6 Å². The average molecular weight is 269 g/mol. The fraction of sp³-hybridized carbons (Fsp3) is 0.571. The van der Waals surface area contributed by atoms with Gasteiger partial charge in [0.2, 0.25) is 0 Å². The Kier molecular flexibility index (Phi) is 4.49. The molecule has 4 heteroatoms. The zero-order chi connectivity index (χ0) is 13.1. The molecule has 0 saturated carbocycles. The number of piperazine rings is 1. The van der Waals surface area contributed by atoms with Crippen molar-refractivity contribution in [2.75, 3.05) is 33.3 Å². The van der Waals surface area contributed by atoms with Gasteiger partial charge < -0.3 is 10.1 Å². The predicted octanol–water partition coefficient (Wildman–Crippen LogP) is 2.62. The van der Waals surface area contributed by atoms with Crippen LogP contribution in [-0.2, 0) is 0 Å². The van der Waals surface area contributed by atoms with E-state index in [1.165, 1.54) is 11.1 Å². The van der Waals surface area contributed by atoms with E-state index in [1.54, 1.807) is 0 Å². The second-order valence-corrected chi connectivity index (χ2v) is 5.18. The summed E-state index contributed by atoms with van der Waals surface area (Å²) in [5.74, 6) is 0.784. The number of hydrogen-bond acceptors (Lipinski definition) is 3. The minimum absolute atomic E-state index is 0.395. The summed E-state index contributed by atoms with van der Waals surface area (Å²) in [6, 6.07) is 4.49. The highest BCUT2D eigenvalue weighted by Crippen LogP contribution is 2.33. The van der Waals surface area contributed by atoms with Gasteiger partial charge in [-0.2, -0.15) is 0 Å². The molecule has 0 amide bonds. The molecule has 1 fully saturated rings. The molecule has 18 heavy (non-hydrogen) atoms. The van der Waals surface area contributed by atoms with E-state index >= 15 is 0 Å². The average Bonchev–Trinajstić information content (AvgIpc) is 2.35. The first kappa shape index (κ1) is 13.7. The molecular weight excluding hydrogens is 248 g/mol. The number of nitrogens with zero attached hydrogens (tertiary/aromatic N) is 1. The molecular formula is C14H21ClN2O. The molecule has 100 valence electrons. The number of hydrogen-bond donors (Lipinski definition) is 1. The highest BCUT2D eigenvalue weighted by molar-refractivity contribution is 6.32. The summed E-state index contributed by atoms with van der Waals surface area (Å²) in [4.78, 5) is 2.37. The van der Waals surface area contributed by atoms with E-state index in [9.17, 15) is 0 Å². The van der Waals surface area contributed by atoms with Crippen LogP contribution in [0.4, 0.5) is 0 Å². The molecule has 1 atom stereocenters. The maximum Gasteiger partial charge on any atom is 0.138 e. The molecule has 1 aromatic carbocycles. The molecule has 2 rings (SSSR count). The van der Waals surface area contributed by atoms with Crippen LogP contribution in [0.3, 0.4) is 0 Å². The fourth-order valence-corrected chi connectivity index (χ4v) is 2.68. The number of halogens is 1. The summed E-state index contributed by atoms with van der Waals surface area (Å²) in [5.41, 5.74) is 2.53. The Bertz CT molecular complexity index is 423. The van der Waals surface area contributed by atoms with E-state index in [0.717, 1.165) is 25.4 Å². The third-order valence-corrected chi connectivity index (χ3v) is 3.79. The Morgan fingerprint density at radius 3 is 2.94 bits per heavy atom. The van der Waals surface area contributed by atoms with Crippen LogP contribution >= 0.6 is 11.6 Å². The predicted molar refractivity (Wildman–Crippen MR) is 75.6 cm³/mol. The first-order valence-electron chi connectivity index (χ1n) is 6.47. The van der Waals surface area contributed by atoms with Gasteiger partial charge in [0, 0.05) is 25.7 Å². The normalized spacial score (nSPS) is 21.0. The van der Waals surface area contributed by atoms with Crippen LogP contribution in [0.2, 0.25) is 5.02 Å². The van der Waals surface area contributed by atoms with Crippen LogP contribution in [0.5, 0.6) is 5.75 Å². The minimum atomic E-state index is 0.395. The van der Waals surface area contributed by atoms with Gasteiger partial charge in [-0.3, -0.25) is 4.90 Å². The van der Waals surface area contributed by atoms with E-state index in [4.69, 9.17) is 16.3 Å². The molecule has 1 aromatic rings. The summed E-state index contributed by atoms with van der Waals surface area (Å²) in [5, 5.41) is 4.14. The zero-order valence-electron chi connectivity index (χ0n) is 11.3. The molecule has 1 aliphatic rings. The SMILES string of the molecule is CCOc1cc(C)c(C2CNCCN2C)cc1Cl. The number of rotatable bonds is 3. The summed E-state index contributed by atoms with van der Waals surface area (Å²) in [7, 11) is 2.16. The van der Waals surface area contributed by atoms with Crippen LogP contribution < -0.4 is 10.1 Å². The fourth-order valence-electron chi connectivity index (χ4n) is 2.45. The van der Waals surface area contributed by atoms with Crippen molar-refractivity contribution in [3.8, 4) is 5.75 Å². The molecule has 3 nitrogen and oxygen atoms in total. The molecule has 0 radical (unpaired) electrons. The van der Waals surface area contributed by atoms with Gasteiger partial charge >= 0.3 is 0 Å². The van der Waals surface area contributed by atoms with Crippen LogP contribution in [0.15, 0.2) is 12.1 Å². The molecule has 1 unspecified atom stereocenters. The van der Waals surface area contributed by atoms with Crippen LogP contribution in [0.25, 0.3) is 0 Å². The number of likely N-dealkylation sites (N-methyl/N-ethyl adjacent to an activating group) is 1. The van der Waals surface area contributed by atoms with Crippen LogP contribution in [0, 0.1) is 6.92 Å². The number of benzene rings is 1. The van der Waals surface area contributed by atoms with E-state index in [-0.39, 0.29) is 0 Å². The van der Waals surface area contributed by atoms with E-state index in [0.29, 0.717) is 17.7 Å². The van der Waals surface area contributed by atoms with Crippen molar-refractivity contribution in [2.45, 2.75) is 19.9 Å². The summed E-state index contributed by atoms with van der Waals surface area (Å²) in [6.45, 7) is 7.83. The summed E-state index contributed by atoms with van der Waals surface area (Å²) in [6.07, 6.45) is 0. The number of aryl methyl sites for hydroxylation is 1. The van der Waals surface area contributed by atoms with E-state index in [2.05, 4.69) is 30.3 Å². The monoisotopic (exact) mass is 268 g/mol. The third kappa shape index (κ3) is 2.79. The Morgan fingerprint density at radius 2 is 2.28 bits per heavy atom. The number of nitrogens with one attached hydrogen (secondary N) is 1. The first-order valence-corrected chi connectivity index (χ1v) is 6.85. The molecule has 0 aliphatic carbocycles. The maximum absolute atomic E-state index is 6.28. The summed E-state index contributed by atoms with van der Waals surface area (Å²) < 4.78 is 5.53. The van der Waals surface area contributed by atoms with Gasteiger partial charge in [-0.1, -0.05) is 11.6 Å². The van der Waals surface area contributed by atoms with Crippen molar-refractivity contribution < 1.29 is 4.74 Å². The molecule has 1 N–H and O–H groups in total. The molecule has 1 heterocycles. The molecule has 1 aliphatic heterocycles. The van der Waals surface area contributed by atoms with Gasteiger partial charge in [-0.25, -0.2) is 0 Å². The lowest BCUT2D eigenvalue weighted by Gasteiger charge is -2.34. The van der Waals surface area contributed by atoms with Gasteiger partial charge in [-0.05, 0) is 44.2 Å². The summed E-state index contributed by atoms with van der Waals surface area (Å²) >= 11 is 6.28. The van der Waals surface area contributed by atoms with Crippen molar-refractivity contribution in [3.63, 3.8) is 0 Å². The molecule has 1 saturated heterocycles. The van der Waals surface area contributed by atoms with Gasteiger partial charge in [0.25, 0.3) is 0 Å². The maximum atomic E-state index is 6.28. The van der Waals surface area contributed by atoms with Crippen LogP contribution in [0.1, 0.15) is 24.1 Å². The lowest BCUT2D eigenvalue weighted by molar-refractivity contribution is 0.201. The second-order valence-electron chi connectivity index (χ2n) is 4.77. The quantitative estimate of drug-likeness (QED) is 0.912. The topological polar surface area (TPSA) is 24.5 Å². The number of ether oxygens (including phenoxy) is 1. The van der Waals surface area contributed by atoms with Gasteiger partial charge in [0.15, 0.2) is 0 Å². The lowest BCUT2D eigenvalue weighted by Crippen LogP contribution is -2.44. The lowest BCUT2D eigenvalue weighted by atomic mass is 9.98. The van der Waals surface area contributed by atoms with E-state index < -0.39 is 0 Å². The molecule has 0 spiro atoms. The van der Waals surface area contributed by atoms with Gasteiger partial charge in [-0.15, -0.1) is 0 Å². The zero-order valence-corrected chi connectivity index (χ0v) is 12.0. The van der Waals surface area contributed by atoms with Crippen molar-refractivity contribution in [1.29, 1.82) is 0 Å².